The summed E-state index contributed by atoms with van der Waals surface area (Å²) in [5.41, 5.74) is 4.63. The fourth-order valence-electron chi connectivity index (χ4n) is 3.02. The summed E-state index contributed by atoms with van der Waals surface area (Å²) in [5.74, 6) is 0.388. The van der Waals surface area contributed by atoms with E-state index in [1.807, 2.05) is 18.2 Å². The van der Waals surface area contributed by atoms with Crippen molar-refractivity contribution in [3.8, 4) is 5.75 Å². The second-order valence-corrected chi connectivity index (χ2v) is 5.68. The predicted molar refractivity (Wildman–Crippen MR) is 78.9 cm³/mol. The minimum atomic E-state index is 0.184. The summed E-state index contributed by atoms with van der Waals surface area (Å²) in [5, 5.41) is 12.4. The van der Waals surface area contributed by atoms with Crippen LogP contribution in [-0.2, 0) is 0 Å². The fraction of sp³-hybridized carbons (Fsp3) is 0.625. The van der Waals surface area contributed by atoms with Crippen molar-refractivity contribution >= 4 is 0 Å². The summed E-state index contributed by atoms with van der Waals surface area (Å²) in [6.07, 6.45) is 4.77. The smallest absolute Gasteiger partial charge is 0.120 e. The summed E-state index contributed by atoms with van der Waals surface area (Å²) in [4.78, 5) is 0. The zero-order valence-corrected chi connectivity index (χ0v) is 12.3. The number of hydrazine groups is 1. The van der Waals surface area contributed by atoms with Crippen molar-refractivity contribution in [1.82, 2.24) is 10.4 Å². The predicted octanol–water partition coefficient (Wildman–Crippen LogP) is 3.61. The molecule has 3 heteroatoms. The molecular weight excluding hydrogens is 236 g/mol. The van der Waals surface area contributed by atoms with Gasteiger partial charge in [0.15, 0.2) is 0 Å². The van der Waals surface area contributed by atoms with Gasteiger partial charge in [0, 0.05) is 23.7 Å². The van der Waals surface area contributed by atoms with Crippen molar-refractivity contribution in [3.63, 3.8) is 0 Å². The molecule has 1 aliphatic rings. The molecule has 0 aromatic heterocycles. The van der Waals surface area contributed by atoms with Crippen molar-refractivity contribution in [1.29, 1.82) is 0 Å². The summed E-state index contributed by atoms with van der Waals surface area (Å²) >= 11 is 0. The second-order valence-electron chi connectivity index (χ2n) is 5.68. The van der Waals surface area contributed by atoms with Gasteiger partial charge in [0.1, 0.15) is 5.75 Å². The number of aromatic hydroxyl groups is 1. The van der Waals surface area contributed by atoms with Crippen LogP contribution in [-0.4, -0.2) is 22.2 Å². The van der Waals surface area contributed by atoms with Gasteiger partial charge in [0.2, 0.25) is 0 Å². The standard InChI is InChI=1S/C16H26N2O/c1-4-15(14-10-5-6-11-16(14)19)17-18-12(2)8-7-9-13(18)3/h5-6,10-13,15,17,19H,4,7-9H2,1-3H3. The Kier molecular flexibility index (Phi) is 4.83. The highest BCUT2D eigenvalue weighted by molar-refractivity contribution is 5.34. The van der Waals surface area contributed by atoms with Crippen LogP contribution >= 0.6 is 0 Å². The Bertz CT molecular complexity index is 397. The van der Waals surface area contributed by atoms with Crippen LogP contribution in [0, 0.1) is 0 Å². The van der Waals surface area contributed by atoms with Crippen LogP contribution < -0.4 is 5.43 Å². The summed E-state index contributed by atoms with van der Waals surface area (Å²) in [7, 11) is 0. The van der Waals surface area contributed by atoms with E-state index in [1.54, 1.807) is 6.07 Å². The Morgan fingerprint density at radius 2 is 1.89 bits per heavy atom. The number of benzene rings is 1. The molecule has 0 aliphatic carbocycles. The number of nitrogens with one attached hydrogen (secondary N) is 1. The molecule has 1 aromatic carbocycles. The Morgan fingerprint density at radius 1 is 1.26 bits per heavy atom. The fourth-order valence-corrected chi connectivity index (χ4v) is 3.02. The average molecular weight is 262 g/mol. The van der Waals surface area contributed by atoms with Crippen molar-refractivity contribution < 1.29 is 5.11 Å². The van der Waals surface area contributed by atoms with E-state index in [1.165, 1.54) is 19.3 Å². The average Bonchev–Trinajstić information content (AvgIpc) is 2.40. The molecule has 1 aliphatic heterocycles. The van der Waals surface area contributed by atoms with Crippen LogP contribution in [0.3, 0.4) is 0 Å². The van der Waals surface area contributed by atoms with Gasteiger partial charge in [-0.2, -0.15) is 0 Å². The van der Waals surface area contributed by atoms with E-state index in [9.17, 15) is 5.11 Å². The lowest BCUT2D eigenvalue weighted by Crippen LogP contribution is -2.53. The number of para-hydroxylation sites is 1. The molecule has 106 valence electrons. The molecule has 2 N–H and O–H groups in total. The van der Waals surface area contributed by atoms with Crippen LogP contribution in [0.5, 0.6) is 5.75 Å². The number of piperidine rings is 1. The molecule has 0 saturated carbocycles. The zero-order chi connectivity index (χ0) is 13.8. The number of nitrogens with zero attached hydrogens (tertiary/aromatic N) is 1. The number of hydrogen-bond acceptors (Lipinski definition) is 3. The normalized spacial score (nSPS) is 26.3. The van der Waals surface area contributed by atoms with E-state index >= 15 is 0 Å². The summed E-state index contributed by atoms with van der Waals surface area (Å²) in [6, 6.07) is 8.94. The van der Waals surface area contributed by atoms with Gasteiger partial charge >= 0.3 is 0 Å². The maximum atomic E-state index is 10.0. The van der Waals surface area contributed by atoms with Gasteiger partial charge in [-0.25, -0.2) is 10.4 Å². The maximum Gasteiger partial charge on any atom is 0.120 e. The van der Waals surface area contributed by atoms with Crippen molar-refractivity contribution in [3.05, 3.63) is 29.8 Å². The third-order valence-corrected chi connectivity index (χ3v) is 4.22. The van der Waals surface area contributed by atoms with Gasteiger partial charge in [-0.05, 0) is 39.2 Å². The number of rotatable bonds is 4. The van der Waals surface area contributed by atoms with Gasteiger partial charge in [-0.15, -0.1) is 0 Å². The molecule has 3 nitrogen and oxygen atoms in total. The third-order valence-electron chi connectivity index (χ3n) is 4.22. The number of phenols is 1. The van der Waals surface area contributed by atoms with Crippen LogP contribution in [0.15, 0.2) is 24.3 Å². The molecule has 1 heterocycles. The monoisotopic (exact) mass is 262 g/mol. The van der Waals surface area contributed by atoms with Crippen LogP contribution in [0.1, 0.15) is 58.1 Å². The van der Waals surface area contributed by atoms with Gasteiger partial charge in [0.05, 0.1) is 0 Å². The Morgan fingerprint density at radius 3 is 2.47 bits per heavy atom. The molecule has 0 spiro atoms. The van der Waals surface area contributed by atoms with Gasteiger partial charge in [-0.1, -0.05) is 31.5 Å². The summed E-state index contributed by atoms with van der Waals surface area (Å²) < 4.78 is 0. The molecule has 19 heavy (non-hydrogen) atoms. The lowest BCUT2D eigenvalue weighted by molar-refractivity contribution is 0.0280. The molecular formula is C16H26N2O. The Hall–Kier alpha value is -1.06. The molecule has 0 radical (unpaired) electrons. The maximum absolute atomic E-state index is 10.0. The van der Waals surface area contributed by atoms with Gasteiger partial charge in [0.25, 0.3) is 0 Å². The highest BCUT2D eigenvalue weighted by atomic mass is 16.3. The van der Waals surface area contributed by atoms with Crippen molar-refractivity contribution in [2.75, 3.05) is 0 Å². The first-order chi connectivity index (χ1) is 9.13. The first-order valence-electron chi connectivity index (χ1n) is 7.45. The molecule has 1 saturated heterocycles. The second kappa shape index (κ2) is 6.40. The van der Waals surface area contributed by atoms with Crippen molar-refractivity contribution in [2.45, 2.75) is 64.6 Å². The lowest BCUT2D eigenvalue weighted by Gasteiger charge is -2.41. The van der Waals surface area contributed by atoms with E-state index in [4.69, 9.17) is 0 Å². The quantitative estimate of drug-likeness (QED) is 0.870. The van der Waals surface area contributed by atoms with E-state index in [-0.39, 0.29) is 6.04 Å². The van der Waals surface area contributed by atoms with E-state index < -0.39 is 0 Å². The SMILES string of the molecule is CCC(NN1C(C)CCCC1C)c1ccccc1O. The molecule has 2 rings (SSSR count). The Labute approximate surface area is 116 Å². The van der Waals surface area contributed by atoms with Crippen LogP contribution in [0.4, 0.5) is 0 Å². The molecule has 0 bridgehead atoms. The van der Waals surface area contributed by atoms with Crippen LogP contribution in [0.2, 0.25) is 0 Å². The van der Waals surface area contributed by atoms with Crippen molar-refractivity contribution in [2.24, 2.45) is 0 Å². The van der Waals surface area contributed by atoms with Gasteiger partial charge < -0.3 is 5.11 Å². The van der Waals surface area contributed by atoms with Gasteiger partial charge in [-0.3, -0.25) is 0 Å². The molecule has 1 fully saturated rings. The minimum Gasteiger partial charge on any atom is -0.508 e. The zero-order valence-electron chi connectivity index (χ0n) is 12.3. The summed E-state index contributed by atoms with van der Waals surface area (Å²) in [6.45, 7) is 6.71. The van der Waals surface area contributed by atoms with Crippen LogP contribution in [0.25, 0.3) is 0 Å². The molecule has 3 atom stereocenters. The van der Waals surface area contributed by atoms with E-state index in [0.29, 0.717) is 17.8 Å². The minimum absolute atomic E-state index is 0.184. The third kappa shape index (κ3) is 3.28. The number of hydrogen-bond donors (Lipinski definition) is 2. The molecule has 3 unspecified atom stereocenters. The highest BCUT2D eigenvalue weighted by Gasteiger charge is 2.27. The first-order valence-corrected chi connectivity index (χ1v) is 7.45. The first kappa shape index (κ1) is 14.4. The molecule has 0 amide bonds. The Balaban J connectivity index is 2.12. The lowest BCUT2D eigenvalue weighted by atomic mass is 9.99. The highest BCUT2D eigenvalue weighted by Crippen LogP contribution is 2.28. The van der Waals surface area contributed by atoms with E-state index in [2.05, 4.69) is 31.2 Å². The number of phenolic OH excluding ortho intramolecular Hbond substituents is 1. The topological polar surface area (TPSA) is 35.5 Å². The van der Waals surface area contributed by atoms with E-state index in [0.717, 1.165) is 12.0 Å². The molecule has 1 aromatic rings. The largest absolute Gasteiger partial charge is 0.508 e.